The maximum absolute atomic E-state index is 13.8. The third-order valence-corrected chi connectivity index (χ3v) is 9.94. The summed E-state index contributed by atoms with van der Waals surface area (Å²) in [6.45, 7) is 1.45. The third-order valence-electron chi connectivity index (χ3n) is 5.62. The van der Waals surface area contributed by atoms with E-state index < -0.39 is 25.8 Å². The predicted molar refractivity (Wildman–Crippen MR) is 131 cm³/mol. The van der Waals surface area contributed by atoms with E-state index in [2.05, 4.69) is 0 Å². The number of aromatic nitrogens is 1. The number of fused-ring (bicyclic) bond motifs is 1. The molecule has 0 bridgehead atoms. The van der Waals surface area contributed by atoms with Gasteiger partial charge in [0.25, 0.3) is 0 Å². The molecule has 0 radical (unpaired) electrons. The first-order valence-electron chi connectivity index (χ1n) is 10.5. The Morgan fingerprint density at radius 2 is 1.74 bits per heavy atom. The Morgan fingerprint density at radius 1 is 1.06 bits per heavy atom. The number of rotatable bonds is 6. The number of hydrogen-bond donors (Lipinski definition) is 0. The van der Waals surface area contributed by atoms with Gasteiger partial charge in [-0.3, -0.25) is 0 Å². The van der Waals surface area contributed by atoms with Crippen LogP contribution in [0.3, 0.4) is 0 Å². The zero-order valence-corrected chi connectivity index (χ0v) is 21.3. The summed E-state index contributed by atoms with van der Waals surface area (Å²) < 4.78 is 59.2. The fourth-order valence-corrected chi connectivity index (χ4v) is 7.55. The molecule has 1 aromatic heterocycles. The molecule has 0 amide bonds. The first-order valence-corrected chi connectivity index (χ1v) is 14.5. The summed E-state index contributed by atoms with van der Waals surface area (Å²) in [4.78, 5) is 12.9. The lowest BCUT2D eigenvalue weighted by atomic mass is 10.2. The second-order valence-corrected chi connectivity index (χ2v) is 12.8. The highest BCUT2D eigenvalue weighted by atomic mass is 35.5. The van der Waals surface area contributed by atoms with Gasteiger partial charge >= 0.3 is 5.97 Å². The Morgan fingerprint density at radius 3 is 2.38 bits per heavy atom. The number of nitrogens with zero attached hydrogens (tertiary/aromatic N) is 2. The minimum atomic E-state index is -4.22. The summed E-state index contributed by atoms with van der Waals surface area (Å²) in [5, 5.41) is 1.05. The van der Waals surface area contributed by atoms with Crippen molar-refractivity contribution in [3.05, 3.63) is 63.8 Å². The van der Waals surface area contributed by atoms with Gasteiger partial charge in [0.2, 0.25) is 10.0 Å². The van der Waals surface area contributed by atoms with Crippen LogP contribution in [0.15, 0.2) is 47.4 Å². The molecule has 1 fully saturated rings. The van der Waals surface area contributed by atoms with Crippen LogP contribution in [-0.4, -0.2) is 62.9 Å². The van der Waals surface area contributed by atoms with E-state index in [4.69, 9.17) is 27.9 Å². The van der Waals surface area contributed by atoms with E-state index in [1.165, 1.54) is 0 Å². The second-order valence-electron chi connectivity index (χ2n) is 7.81. The minimum absolute atomic E-state index is 0.0502. The van der Waals surface area contributed by atoms with Crippen molar-refractivity contribution in [1.29, 1.82) is 0 Å². The summed E-state index contributed by atoms with van der Waals surface area (Å²) >= 11 is 12.2. The SMILES string of the molecule is CCOC(=O)c1c(S(=O)(=O)N2CCS(=O)(=O)CC2)c2ccccc2n1Cc1ccc(Cl)c(Cl)c1. The van der Waals surface area contributed by atoms with Crippen LogP contribution in [0, 0.1) is 0 Å². The van der Waals surface area contributed by atoms with Gasteiger partial charge in [-0.1, -0.05) is 47.5 Å². The van der Waals surface area contributed by atoms with Gasteiger partial charge < -0.3 is 9.30 Å². The van der Waals surface area contributed by atoms with Gasteiger partial charge in [-0.05, 0) is 30.7 Å². The van der Waals surface area contributed by atoms with Gasteiger partial charge in [0, 0.05) is 25.0 Å². The van der Waals surface area contributed by atoms with Crippen LogP contribution in [0.2, 0.25) is 10.0 Å². The third kappa shape index (κ3) is 4.70. The van der Waals surface area contributed by atoms with Crippen molar-refractivity contribution in [2.24, 2.45) is 0 Å². The number of benzene rings is 2. The van der Waals surface area contributed by atoms with E-state index >= 15 is 0 Å². The Labute approximate surface area is 208 Å². The molecule has 0 aliphatic carbocycles. The molecule has 12 heteroatoms. The number of hydrogen-bond acceptors (Lipinski definition) is 6. The van der Waals surface area contributed by atoms with Gasteiger partial charge in [0.05, 0.1) is 33.7 Å². The minimum Gasteiger partial charge on any atom is -0.461 e. The van der Waals surface area contributed by atoms with Gasteiger partial charge in [0.1, 0.15) is 10.6 Å². The Balaban J connectivity index is 1.93. The summed E-state index contributed by atoms with van der Waals surface area (Å²) in [5.41, 5.74) is 1.09. The van der Waals surface area contributed by atoms with Crippen LogP contribution in [0.4, 0.5) is 0 Å². The number of sulfonamides is 1. The number of esters is 1. The second kappa shape index (κ2) is 9.50. The fourth-order valence-electron chi connectivity index (χ4n) is 3.98. The molecule has 34 heavy (non-hydrogen) atoms. The summed E-state index contributed by atoms with van der Waals surface area (Å²) in [6, 6.07) is 11.8. The van der Waals surface area contributed by atoms with Crippen LogP contribution in [0.1, 0.15) is 23.0 Å². The molecule has 8 nitrogen and oxygen atoms in total. The molecular formula is C22H22Cl2N2O6S2. The van der Waals surface area contributed by atoms with E-state index in [-0.39, 0.29) is 48.3 Å². The maximum Gasteiger partial charge on any atom is 0.356 e. The largest absolute Gasteiger partial charge is 0.461 e. The highest BCUT2D eigenvalue weighted by Gasteiger charge is 2.38. The van der Waals surface area contributed by atoms with E-state index in [0.717, 1.165) is 4.31 Å². The van der Waals surface area contributed by atoms with Crippen LogP contribution in [-0.2, 0) is 31.1 Å². The Bertz CT molecular complexity index is 1470. The number of carbonyl (C=O) groups is 1. The van der Waals surface area contributed by atoms with Gasteiger partial charge in [0.15, 0.2) is 9.84 Å². The zero-order valence-electron chi connectivity index (χ0n) is 18.2. The lowest BCUT2D eigenvalue weighted by Crippen LogP contribution is -2.44. The first kappa shape index (κ1) is 25.0. The molecule has 0 unspecified atom stereocenters. The van der Waals surface area contributed by atoms with Crippen molar-refractivity contribution >= 4 is 59.9 Å². The van der Waals surface area contributed by atoms with E-state index in [1.54, 1.807) is 54.0 Å². The molecule has 0 spiro atoms. The Hall–Kier alpha value is -2.11. The number of para-hydroxylation sites is 1. The topological polar surface area (TPSA) is 103 Å². The summed E-state index contributed by atoms with van der Waals surface area (Å²) in [7, 11) is -7.52. The van der Waals surface area contributed by atoms with Crippen molar-refractivity contribution in [2.45, 2.75) is 18.4 Å². The summed E-state index contributed by atoms with van der Waals surface area (Å²) in [5.74, 6) is -1.34. The van der Waals surface area contributed by atoms with E-state index in [9.17, 15) is 21.6 Å². The lowest BCUT2D eigenvalue weighted by molar-refractivity contribution is 0.0510. The Kier molecular flexibility index (Phi) is 6.99. The summed E-state index contributed by atoms with van der Waals surface area (Å²) in [6.07, 6.45) is 0. The predicted octanol–water partition coefficient (Wildman–Crippen LogP) is 3.59. The van der Waals surface area contributed by atoms with Crippen molar-refractivity contribution in [1.82, 2.24) is 8.87 Å². The highest BCUT2D eigenvalue weighted by molar-refractivity contribution is 7.92. The highest BCUT2D eigenvalue weighted by Crippen LogP contribution is 2.35. The van der Waals surface area contributed by atoms with E-state index in [0.29, 0.717) is 26.5 Å². The van der Waals surface area contributed by atoms with Crippen molar-refractivity contribution < 1.29 is 26.4 Å². The zero-order chi connectivity index (χ0) is 24.7. The average Bonchev–Trinajstić information content (AvgIpc) is 3.11. The van der Waals surface area contributed by atoms with Gasteiger partial charge in [-0.25, -0.2) is 21.6 Å². The van der Waals surface area contributed by atoms with Crippen molar-refractivity contribution in [3.8, 4) is 0 Å². The van der Waals surface area contributed by atoms with Crippen LogP contribution >= 0.6 is 23.2 Å². The van der Waals surface area contributed by atoms with Crippen LogP contribution in [0.25, 0.3) is 10.9 Å². The van der Waals surface area contributed by atoms with Crippen LogP contribution in [0.5, 0.6) is 0 Å². The molecule has 0 N–H and O–H groups in total. The quantitative estimate of drug-likeness (QED) is 0.439. The molecule has 1 saturated heterocycles. The molecule has 1 aliphatic rings. The average molecular weight is 545 g/mol. The molecule has 1 aliphatic heterocycles. The molecule has 182 valence electrons. The molecule has 4 rings (SSSR count). The van der Waals surface area contributed by atoms with Crippen molar-refractivity contribution in [2.75, 3.05) is 31.2 Å². The number of halogens is 2. The standard InChI is InChI=1S/C22H22Cl2N2O6S2/c1-2-32-22(27)20-21(34(30,31)25-9-11-33(28,29)12-10-25)16-5-3-4-6-19(16)26(20)14-15-7-8-17(23)18(24)13-15/h3-8,13H,2,9-12,14H2,1H3. The van der Waals surface area contributed by atoms with Gasteiger partial charge in [-0.2, -0.15) is 4.31 Å². The van der Waals surface area contributed by atoms with Crippen molar-refractivity contribution in [3.63, 3.8) is 0 Å². The van der Waals surface area contributed by atoms with Crippen LogP contribution < -0.4 is 0 Å². The molecule has 0 saturated carbocycles. The molecule has 3 aromatic rings. The monoisotopic (exact) mass is 544 g/mol. The molecule has 0 atom stereocenters. The lowest BCUT2D eigenvalue weighted by Gasteiger charge is -2.26. The van der Waals surface area contributed by atoms with E-state index in [1.807, 2.05) is 0 Å². The molecular weight excluding hydrogens is 523 g/mol. The van der Waals surface area contributed by atoms with Gasteiger partial charge in [-0.15, -0.1) is 0 Å². The fraction of sp³-hybridized carbons (Fsp3) is 0.318. The smallest absolute Gasteiger partial charge is 0.356 e. The molecule has 2 aromatic carbocycles. The first-order chi connectivity index (χ1) is 16.0. The maximum atomic E-state index is 13.8. The molecule has 2 heterocycles. The number of carbonyl (C=O) groups excluding carboxylic acids is 1. The number of ether oxygens (including phenoxy) is 1. The normalized spacial score (nSPS) is 16.6. The number of sulfone groups is 1.